The lowest BCUT2D eigenvalue weighted by Gasteiger charge is -2.32. The van der Waals surface area contributed by atoms with Crippen LogP contribution in [0.5, 0.6) is 5.75 Å². The van der Waals surface area contributed by atoms with Gasteiger partial charge in [-0.15, -0.1) is 0 Å². The molecule has 1 aliphatic rings. The van der Waals surface area contributed by atoms with Gasteiger partial charge in [-0.3, -0.25) is 4.79 Å². The first-order chi connectivity index (χ1) is 10.8. The van der Waals surface area contributed by atoms with Crippen LogP contribution in [-0.2, 0) is 4.79 Å². The van der Waals surface area contributed by atoms with E-state index in [1.165, 1.54) is 11.0 Å². The predicted molar refractivity (Wildman–Crippen MR) is 86.1 cm³/mol. The third-order valence-corrected chi connectivity index (χ3v) is 3.57. The second-order valence-corrected chi connectivity index (χ2v) is 5.59. The summed E-state index contributed by atoms with van der Waals surface area (Å²) < 4.78 is 29.8. The minimum atomic E-state index is -2.96. The number of thiocarbonyl (C=S) groups is 1. The van der Waals surface area contributed by atoms with Crippen LogP contribution < -0.4 is 15.4 Å². The van der Waals surface area contributed by atoms with Crippen molar-refractivity contribution in [3.63, 3.8) is 0 Å². The van der Waals surface area contributed by atoms with Crippen molar-refractivity contribution in [2.45, 2.75) is 19.6 Å². The number of nitrogens with zero attached hydrogens (tertiary/aromatic N) is 1. The molecule has 0 bridgehead atoms. The molecule has 8 heteroatoms. The number of halogens is 2. The zero-order valence-corrected chi connectivity index (χ0v) is 13.7. The Morgan fingerprint density at radius 3 is 2.61 bits per heavy atom. The molecular weight excluding hydrogens is 324 g/mol. The van der Waals surface area contributed by atoms with Crippen LogP contribution in [0.25, 0.3) is 0 Å². The smallest absolute Gasteiger partial charge is 0.387 e. The van der Waals surface area contributed by atoms with E-state index in [0.29, 0.717) is 21.9 Å². The number of hydrogen-bond donors (Lipinski definition) is 2. The number of carbonyl (C=O) groups excluding carboxylic acids is 1. The molecule has 2 N–H and O–H groups in total. The SMILES string of the molecule is CC1=C(C(=O)N(C)C)[C@@H](c2ccccc2OC(F)F)NC(=S)N1. The molecule has 0 aromatic heterocycles. The van der Waals surface area contributed by atoms with Gasteiger partial charge in [0.15, 0.2) is 5.11 Å². The van der Waals surface area contributed by atoms with Crippen LogP contribution in [0.1, 0.15) is 18.5 Å². The van der Waals surface area contributed by atoms with Crippen molar-refractivity contribution in [3.8, 4) is 5.75 Å². The van der Waals surface area contributed by atoms with Gasteiger partial charge in [0.25, 0.3) is 5.91 Å². The number of ether oxygens (including phenoxy) is 1. The minimum Gasteiger partial charge on any atom is -0.434 e. The van der Waals surface area contributed by atoms with Gasteiger partial charge in [-0.1, -0.05) is 18.2 Å². The lowest BCUT2D eigenvalue weighted by molar-refractivity contribution is -0.125. The van der Waals surface area contributed by atoms with Gasteiger partial charge in [0.2, 0.25) is 0 Å². The van der Waals surface area contributed by atoms with Gasteiger partial charge >= 0.3 is 6.61 Å². The first-order valence-electron chi connectivity index (χ1n) is 6.85. The van der Waals surface area contributed by atoms with E-state index in [0.717, 1.165) is 0 Å². The highest BCUT2D eigenvalue weighted by Crippen LogP contribution is 2.34. The molecule has 0 fully saturated rings. The lowest BCUT2D eigenvalue weighted by atomic mass is 9.94. The summed E-state index contributed by atoms with van der Waals surface area (Å²) in [7, 11) is 3.24. The molecular formula is C15H17F2N3O2S. The summed E-state index contributed by atoms with van der Waals surface area (Å²) in [5, 5.41) is 6.16. The van der Waals surface area contributed by atoms with Crippen LogP contribution in [0.4, 0.5) is 8.78 Å². The summed E-state index contributed by atoms with van der Waals surface area (Å²) in [6.07, 6.45) is 0. The summed E-state index contributed by atoms with van der Waals surface area (Å²) in [4.78, 5) is 13.9. The second-order valence-electron chi connectivity index (χ2n) is 5.19. The molecule has 1 amide bonds. The largest absolute Gasteiger partial charge is 0.434 e. The summed E-state index contributed by atoms with van der Waals surface area (Å²) >= 11 is 5.13. The number of alkyl halides is 2. The molecule has 1 aromatic rings. The van der Waals surface area contributed by atoms with Gasteiger partial charge in [-0.25, -0.2) is 0 Å². The van der Waals surface area contributed by atoms with E-state index < -0.39 is 12.7 Å². The quantitative estimate of drug-likeness (QED) is 0.822. The van der Waals surface area contributed by atoms with Crippen LogP contribution in [0.15, 0.2) is 35.5 Å². The highest BCUT2D eigenvalue weighted by atomic mass is 32.1. The molecule has 2 rings (SSSR count). The Morgan fingerprint density at radius 1 is 1.35 bits per heavy atom. The minimum absolute atomic E-state index is 0.00144. The van der Waals surface area contributed by atoms with Crippen molar-refractivity contribution in [1.82, 2.24) is 15.5 Å². The van der Waals surface area contributed by atoms with Gasteiger partial charge in [0, 0.05) is 25.4 Å². The number of para-hydroxylation sites is 1. The van der Waals surface area contributed by atoms with E-state index >= 15 is 0 Å². The van der Waals surface area contributed by atoms with Crippen molar-refractivity contribution in [1.29, 1.82) is 0 Å². The fraction of sp³-hybridized carbons (Fsp3) is 0.333. The van der Waals surface area contributed by atoms with Crippen LogP contribution in [0.2, 0.25) is 0 Å². The van der Waals surface area contributed by atoms with Gasteiger partial charge in [0.1, 0.15) is 5.75 Å². The standard InChI is InChI=1S/C15H17F2N3O2S/c1-8-11(13(21)20(2)3)12(19-15(23)18-8)9-6-4-5-7-10(9)22-14(16)17/h4-7,12,14H,1-3H3,(H2,18,19,23)/t12-/m1/s1. The molecule has 1 aromatic carbocycles. The molecule has 1 atom stereocenters. The van der Waals surface area contributed by atoms with Crippen molar-refractivity contribution in [2.24, 2.45) is 0 Å². The van der Waals surface area contributed by atoms with Gasteiger partial charge < -0.3 is 20.3 Å². The predicted octanol–water partition coefficient (Wildman–Crippen LogP) is 2.17. The Hall–Kier alpha value is -2.22. The molecule has 0 aliphatic carbocycles. The maximum absolute atomic E-state index is 12.6. The Kier molecular flexibility index (Phi) is 5.15. The summed E-state index contributed by atoms with van der Waals surface area (Å²) in [5.41, 5.74) is 1.39. The van der Waals surface area contributed by atoms with Crippen LogP contribution in [0, 0.1) is 0 Å². The molecule has 1 heterocycles. The second kappa shape index (κ2) is 6.91. The van der Waals surface area contributed by atoms with E-state index in [9.17, 15) is 13.6 Å². The normalized spacial score (nSPS) is 17.7. The molecule has 5 nitrogen and oxygen atoms in total. The highest BCUT2D eigenvalue weighted by molar-refractivity contribution is 7.80. The topological polar surface area (TPSA) is 53.6 Å². The maximum atomic E-state index is 12.6. The summed E-state index contributed by atoms with van der Waals surface area (Å²) in [5.74, 6) is -0.247. The number of likely N-dealkylation sites (N-methyl/N-ethyl adjacent to an activating group) is 1. The van der Waals surface area contributed by atoms with Crippen molar-refractivity contribution < 1.29 is 18.3 Å². The lowest BCUT2D eigenvalue weighted by Crippen LogP contribution is -2.46. The monoisotopic (exact) mass is 341 g/mol. The molecule has 23 heavy (non-hydrogen) atoms. The molecule has 1 aliphatic heterocycles. The van der Waals surface area contributed by atoms with E-state index in [1.54, 1.807) is 39.2 Å². The van der Waals surface area contributed by atoms with E-state index in [1.807, 2.05) is 0 Å². The average Bonchev–Trinajstić information content (AvgIpc) is 2.45. The molecule has 0 saturated carbocycles. The number of allylic oxidation sites excluding steroid dienone is 1. The van der Waals surface area contributed by atoms with E-state index in [4.69, 9.17) is 12.2 Å². The third kappa shape index (κ3) is 3.76. The maximum Gasteiger partial charge on any atom is 0.387 e. The average molecular weight is 341 g/mol. The Morgan fingerprint density at radius 2 is 2.00 bits per heavy atom. The zero-order chi connectivity index (χ0) is 17.1. The van der Waals surface area contributed by atoms with Crippen molar-refractivity contribution in [3.05, 3.63) is 41.1 Å². The van der Waals surface area contributed by atoms with Gasteiger partial charge in [-0.05, 0) is 25.2 Å². The number of rotatable bonds is 4. The number of benzene rings is 1. The van der Waals surface area contributed by atoms with E-state index in [-0.39, 0.29) is 11.7 Å². The zero-order valence-electron chi connectivity index (χ0n) is 12.9. The molecule has 124 valence electrons. The van der Waals surface area contributed by atoms with Crippen molar-refractivity contribution >= 4 is 23.2 Å². The fourth-order valence-electron chi connectivity index (χ4n) is 2.37. The Labute approximate surface area is 138 Å². The molecule has 0 spiro atoms. The van der Waals surface area contributed by atoms with Crippen molar-refractivity contribution in [2.75, 3.05) is 14.1 Å². The van der Waals surface area contributed by atoms with Crippen LogP contribution in [0.3, 0.4) is 0 Å². The highest BCUT2D eigenvalue weighted by Gasteiger charge is 2.32. The molecule has 0 saturated heterocycles. The fourth-order valence-corrected chi connectivity index (χ4v) is 2.64. The van der Waals surface area contributed by atoms with E-state index in [2.05, 4.69) is 15.4 Å². The van der Waals surface area contributed by atoms with Crippen LogP contribution in [-0.4, -0.2) is 36.6 Å². The number of amides is 1. The Bertz CT molecular complexity index is 662. The van der Waals surface area contributed by atoms with Gasteiger partial charge in [-0.2, -0.15) is 8.78 Å². The van der Waals surface area contributed by atoms with Gasteiger partial charge in [0.05, 0.1) is 11.6 Å². The molecule has 0 unspecified atom stereocenters. The number of carbonyl (C=O) groups is 1. The summed E-state index contributed by atoms with van der Waals surface area (Å²) in [6, 6.07) is 5.66. The van der Waals surface area contributed by atoms with Crippen LogP contribution >= 0.6 is 12.2 Å². The molecule has 0 radical (unpaired) electrons. The first kappa shape index (κ1) is 17.1. The summed E-state index contributed by atoms with van der Waals surface area (Å²) in [6.45, 7) is -1.24. The Balaban J connectivity index is 2.53. The number of nitrogens with one attached hydrogen (secondary N) is 2. The number of hydrogen-bond acceptors (Lipinski definition) is 3. The first-order valence-corrected chi connectivity index (χ1v) is 7.25. The third-order valence-electron chi connectivity index (χ3n) is 3.35.